The van der Waals surface area contributed by atoms with Gasteiger partial charge in [0.05, 0.1) is 13.0 Å². The molecule has 0 aliphatic heterocycles. The molecule has 20 heavy (non-hydrogen) atoms. The molecule has 0 amide bonds. The van der Waals surface area contributed by atoms with E-state index in [9.17, 15) is 9.18 Å². The SMILES string of the molecule is COc1ccc(C(C)C(=O)O)cc1.Fc1ccccc1. The van der Waals surface area contributed by atoms with Crippen molar-refractivity contribution in [2.24, 2.45) is 0 Å². The van der Waals surface area contributed by atoms with Gasteiger partial charge in [0.15, 0.2) is 0 Å². The van der Waals surface area contributed by atoms with Crippen LogP contribution in [0.2, 0.25) is 0 Å². The van der Waals surface area contributed by atoms with Crippen molar-refractivity contribution in [2.75, 3.05) is 7.11 Å². The van der Waals surface area contributed by atoms with Crippen molar-refractivity contribution in [1.82, 2.24) is 0 Å². The summed E-state index contributed by atoms with van der Waals surface area (Å²) in [4.78, 5) is 10.6. The molecule has 0 fully saturated rings. The van der Waals surface area contributed by atoms with Gasteiger partial charge >= 0.3 is 5.97 Å². The summed E-state index contributed by atoms with van der Waals surface area (Å²) in [5, 5.41) is 8.73. The Hall–Kier alpha value is -2.36. The molecule has 106 valence electrons. The molecule has 2 aromatic rings. The van der Waals surface area contributed by atoms with Crippen LogP contribution in [0.3, 0.4) is 0 Å². The van der Waals surface area contributed by atoms with E-state index < -0.39 is 11.9 Å². The van der Waals surface area contributed by atoms with Crippen LogP contribution in [0.4, 0.5) is 4.39 Å². The van der Waals surface area contributed by atoms with Gasteiger partial charge in [0.1, 0.15) is 11.6 Å². The van der Waals surface area contributed by atoms with Gasteiger partial charge in [-0.1, -0.05) is 30.3 Å². The fraction of sp³-hybridized carbons (Fsp3) is 0.188. The molecule has 0 bridgehead atoms. The van der Waals surface area contributed by atoms with Gasteiger partial charge < -0.3 is 9.84 Å². The third-order valence-electron chi connectivity index (χ3n) is 2.72. The van der Waals surface area contributed by atoms with Crippen LogP contribution in [0, 0.1) is 5.82 Å². The van der Waals surface area contributed by atoms with Crippen LogP contribution in [-0.4, -0.2) is 18.2 Å². The first kappa shape index (κ1) is 15.7. The van der Waals surface area contributed by atoms with E-state index >= 15 is 0 Å². The summed E-state index contributed by atoms with van der Waals surface area (Å²) in [6.45, 7) is 1.66. The van der Waals surface area contributed by atoms with Gasteiger partial charge in [-0.05, 0) is 36.8 Å². The van der Waals surface area contributed by atoms with Crippen molar-refractivity contribution in [2.45, 2.75) is 12.8 Å². The van der Waals surface area contributed by atoms with E-state index in [0.29, 0.717) is 0 Å². The van der Waals surface area contributed by atoms with Crippen LogP contribution in [0.15, 0.2) is 54.6 Å². The molecule has 0 saturated carbocycles. The van der Waals surface area contributed by atoms with Crippen LogP contribution in [0.1, 0.15) is 18.4 Å². The maximum absolute atomic E-state index is 11.9. The third kappa shape index (κ3) is 5.10. The molecule has 4 heteroatoms. The summed E-state index contributed by atoms with van der Waals surface area (Å²) >= 11 is 0. The Bertz CT molecular complexity index is 523. The molecule has 1 N–H and O–H groups in total. The van der Waals surface area contributed by atoms with Crippen molar-refractivity contribution >= 4 is 5.97 Å². The third-order valence-corrected chi connectivity index (χ3v) is 2.72. The number of carboxylic acids is 1. The molecule has 1 atom stereocenters. The molecule has 2 aromatic carbocycles. The van der Waals surface area contributed by atoms with E-state index in [1.807, 2.05) is 0 Å². The summed E-state index contributed by atoms with van der Waals surface area (Å²) < 4.78 is 16.9. The van der Waals surface area contributed by atoms with E-state index in [1.54, 1.807) is 56.5 Å². The predicted molar refractivity (Wildman–Crippen MR) is 75.4 cm³/mol. The van der Waals surface area contributed by atoms with Gasteiger partial charge in [-0.3, -0.25) is 4.79 Å². The molecule has 0 heterocycles. The Kier molecular flexibility index (Phi) is 6.23. The van der Waals surface area contributed by atoms with Crippen LogP contribution in [0.25, 0.3) is 0 Å². The molecule has 0 aliphatic rings. The lowest BCUT2D eigenvalue weighted by Gasteiger charge is -2.06. The summed E-state index contributed by atoms with van der Waals surface area (Å²) in [6.07, 6.45) is 0. The summed E-state index contributed by atoms with van der Waals surface area (Å²) in [5.41, 5.74) is 0.785. The molecule has 3 nitrogen and oxygen atoms in total. The van der Waals surface area contributed by atoms with E-state index in [4.69, 9.17) is 9.84 Å². The highest BCUT2D eigenvalue weighted by Gasteiger charge is 2.12. The molecule has 1 unspecified atom stereocenters. The first-order valence-electron chi connectivity index (χ1n) is 6.12. The Morgan fingerprint density at radius 2 is 1.65 bits per heavy atom. The van der Waals surface area contributed by atoms with Gasteiger partial charge in [-0.2, -0.15) is 0 Å². The summed E-state index contributed by atoms with van der Waals surface area (Å²) in [5.74, 6) is -0.722. The maximum Gasteiger partial charge on any atom is 0.310 e. The topological polar surface area (TPSA) is 46.5 Å². The smallest absolute Gasteiger partial charge is 0.310 e. The minimum absolute atomic E-state index is 0.178. The average molecular weight is 276 g/mol. The first-order valence-corrected chi connectivity index (χ1v) is 6.12. The number of halogens is 1. The van der Waals surface area contributed by atoms with E-state index in [1.165, 1.54) is 12.1 Å². The number of carboxylic acid groups (broad SMARTS) is 1. The van der Waals surface area contributed by atoms with E-state index in [2.05, 4.69) is 0 Å². The standard InChI is InChI=1S/C10H12O3.C6H5F/c1-7(10(11)12)8-3-5-9(13-2)6-4-8;7-6-4-2-1-3-5-6/h3-7H,1-2H3,(H,11,12);1-5H. The van der Waals surface area contributed by atoms with Crippen molar-refractivity contribution in [3.63, 3.8) is 0 Å². The van der Waals surface area contributed by atoms with Crippen molar-refractivity contribution < 1.29 is 19.0 Å². The Morgan fingerprint density at radius 1 is 1.10 bits per heavy atom. The van der Waals surface area contributed by atoms with Crippen molar-refractivity contribution in [1.29, 1.82) is 0 Å². The summed E-state index contributed by atoms with van der Waals surface area (Å²) in [6, 6.07) is 15.0. The molecule has 0 saturated heterocycles. The molecule has 2 rings (SSSR count). The van der Waals surface area contributed by atoms with Crippen molar-refractivity contribution in [3.05, 3.63) is 66.0 Å². The number of benzene rings is 2. The van der Waals surface area contributed by atoms with Crippen LogP contribution < -0.4 is 4.74 Å². The number of hydrogen-bond acceptors (Lipinski definition) is 2. The second-order valence-electron chi connectivity index (χ2n) is 4.13. The van der Waals surface area contributed by atoms with Gasteiger partial charge in [-0.25, -0.2) is 4.39 Å². The average Bonchev–Trinajstić information content (AvgIpc) is 2.48. The Labute approximate surface area is 117 Å². The zero-order valence-electron chi connectivity index (χ0n) is 11.4. The van der Waals surface area contributed by atoms with Crippen LogP contribution >= 0.6 is 0 Å². The molecule has 0 aliphatic carbocycles. The minimum Gasteiger partial charge on any atom is -0.497 e. The number of carbonyl (C=O) groups is 1. The number of hydrogen-bond donors (Lipinski definition) is 1. The monoisotopic (exact) mass is 276 g/mol. The van der Waals surface area contributed by atoms with E-state index in [0.717, 1.165) is 11.3 Å². The quantitative estimate of drug-likeness (QED) is 0.929. The molecule has 0 spiro atoms. The highest BCUT2D eigenvalue weighted by Crippen LogP contribution is 2.18. The van der Waals surface area contributed by atoms with Gasteiger partial charge in [0.2, 0.25) is 0 Å². The zero-order chi connectivity index (χ0) is 15.0. The van der Waals surface area contributed by atoms with Crippen LogP contribution in [-0.2, 0) is 4.79 Å². The Balaban J connectivity index is 0.000000240. The predicted octanol–water partition coefficient (Wildman–Crippen LogP) is 3.71. The summed E-state index contributed by atoms with van der Waals surface area (Å²) in [7, 11) is 1.58. The zero-order valence-corrected chi connectivity index (χ0v) is 11.4. The fourth-order valence-corrected chi connectivity index (χ4v) is 1.45. The number of methoxy groups -OCH3 is 1. The molecule has 0 radical (unpaired) electrons. The van der Waals surface area contributed by atoms with Crippen LogP contribution in [0.5, 0.6) is 5.75 Å². The van der Waals surface area contributed by atoms with Gasteiger partial charge in [0, 0.05) is 0 Å². The highest BCUT2D eigenvalue weighted by atomic mass is 19.1. The molecular formula is C16H17FO3. The lowest BCUT2D eigenvalue weighted by molar-refractivity contribution is -0.138. The normalized spacial score (nSPS) is 10.9. The second-order valence-corrected chi connectivity index (χ2v) is 4.13. The number of rotatable bonds is 3. The largest absolute Gasteiger partial charge is 0.497 e. The Morgan fingerprint density at radius 3 is 2.00 bits per heavy atom. The highest BCUT2D eigenvalue weighted by molar-refractivity contribution is 5.75. The molecular weight excluding hydrogens is 259 g/mol. The minimum atomic E-state index is -0.815. The lowest BCUT2D eigenvalue weighted by Crippen LogP contribution is -2.06. The number of ether oxygens (including phenoxy) is 1. The van der Waals surface area contributed by atoms with Gasteiger partial charge in [0.25, 0.3) is 0 Å². The first-order chi connectivity index (χ1) is 9.54. The fourth-order valence-electron chi connectivity index (χ4n) is 1.45. The molecule has 0 aromatic heterocycles. The van der Waals surface area contributed by atoms with E-state index in [-0.39, 0.29) is 5.82 Å². The lowest BCUT2D eigenvalue weighted by atomic mass is 10.0. The number of aliphatic carboxylic acids is 1. The second kappa shape index (κ2) is 7.94. The van der Waals surface area contributed by atoms with Crippen molar-refractivity contribution in [3.8, 4) is 5.75 Å². The maximum atomic E-state index is 11.9. The van der Waals surface area contributed by atoms with Gasteiger partial charge in [-0.15, -0.1) is 0 Å².